The van der Waals surface area contributed by atoms with Gasteiger partial charge in [0.05, 0.1) is 0 Å². The van der Waals surface area contributed by atoms with Crippen molar-refractivity contribution in [2.45, 2.75) is 31.3 Å². The van der Waals surface area contributed by atoms with Crippen LogP contribution in [0.4, 0.5) is 0 Å². The van der Waals surface area contributed by atoms with E-state index >= 15 is 0 Å². The van der Waals surface area contributed by atoms with Gasteiger partial charge in [-0.2, -0.15) is 4.98 Å². The molecule has 1 saturated carbocycles. The molecule has 0 spiro atoms. The maximum atomic E-state index is 5.67. The number of nitrogens with zero attached hydrogens (tertiary/aromatic N) is 2. The Morgan fingerprint density at radius 2 is 2.20 bits per heavy atom. The van der Waals surface area contributed by atoms with Gasteiger partial charge in [0.2, 0.25) is 0 Å². The summed E-state index contributed by atoms with van der Waals surface area (Å²) in [5.41, 5.74) is 5.67. The molecule has 5 heteroatoms. The summed E-state index contributed by atoms with van der Waals surface area (Å²) in [6.45, 7) is 1.36. The number of hydrogen-bond donors (Lipinski definition) is 1. The summed E-state index contributed by atoms with van der Waals surface area (Å²) in [4.78, 5) is 4.39. The molecule has 2 heterocycles. The van der Waals surface area contributed by atoms with Crippen molar-refractivity contribution in [2.75, 3.05) is 13.2 Å². The van der Waals surface area contributed by atoms with Gasteiger partial charge in [-0.1, -0.05) is 5.16 Å². The third-order valence-electron chi connectivity index (χ3n) is 3.16. The molecule has 82 valence electrons. The third kappa shape index (κ3) is 1.66. The van der Waals surface area contributed by atoms with E-state index in [9.17, 15) is 0 Å². The molecule has 15 heavy (non-hydrogen) atoms. The van der Waals surface area contributed by atoms with Gasteiger partial charge in [-0.25, -0.2) is 0 Å². The van der Waals surface area contributed by atoms with Crippen LogP contribution >= 0.6 is 0 Å². The Kier molecular flexibility index (Phi) is 2.21. The van der Waals surface area contributed by atoms with Crippen molar-refractivity contribution in [3.8, 4) is 0 Å². The Labute approximate surface area is 88.0 Å². The Bertz CT molecular complexity index is 348. The lowest BCUT2D eigenvalue weighted by Gasteiger charge is -2.11. The second-order valence-corrected chi connectivity index (χ2v) is 4.34. The lowest BCUT2D eigenvalue weighted by molar-refractivity contribution is 0.0642. The standard InChI is InChI=1S/C10H15N3O2/c11-5-7-3-4-14-8(7)10-12-9(13-15-10)6-1-2-6/h6-8H,1-5,11H2/t7-,8-/m0/s1. The van der Waals surface area contributed by atoms with Crippen molar-refractivity contribution in [3.63, 3.8) is 0 Å². The maximum Gasteiger partial charge on any atom is 0.256 e. The molecule has 0 unspecified atom stereocenters. The average Bonchev–Trinajstić information content (AvgIpc) is 2.83. The molecule has 0 aromatic carbocycles. The summed E-state index contributed by atoms with van der Waals surface area (Å²) in [5.74, 6) is 2.32. The van der Waals surface area contributed by atoms with Crippen molar-refractivity contribution in [2.24, 2.45) is 11.7 Å². The molecule has 0 amide bonds. The first-order valence-electron chi connectivity index (χ1n) is 5.53. The first-order valence-corrected chi connectivity index (χ1v) is 5.53. The Balaban J connectivity index is 1.78. The van der Waals surface area contributed by atoms with Crippen LogP contribution in [0.5, 0.6) is 0 Å². The molecule has 2 aliphatic rings. The van der Waals surface area contributed by atoms with Gasteiger partial charge < -0.3 is 15.0 Å². The second kappa shape index (κ2) is 3.57. The fourth-order valence-electron chi connectivity index (χ4n) is 2.02. The van der Waals surface area contributed by atoms with Gasteiger partial charge >= 0.3 is 0 Å². The van der Waals surface area contributed by atoms with Gasteiger partial charge in [-0.15, -0.1) is 0 Å². The van der Waals surface area contributed by atoms with Gasteiger partial charge in [0, 0.05) is 18.4 Å². The minimum Gasteiger partial charge on any atom is -0.368 e. The summed E-state index contributed by atoms with van der Waals surface area (Å²) >= 11 is 0. The zero-order valence-electron chi connectivity index (χ0n) is 8.56. The Hall–Kier alpha value is -0.940. The van der Waals surface area contributed by atoms with E-state index in [2.05, 4.69) is 10.1 Å². The molecule has 0 bridgehead atoms. The zero-order chi connectivity index (χ0) is 10.3. The molecule has 1 aromatic heterocycles. The van der Waals surface area contributed by atoms with Crippen LogP contribution in [-0.4, -0.2) is 23.3 Å². The molecule has 1 aliphatic carbocycles. The van der Waals surface area contributed by atoms with E-state index in [0.29, 0.717) is 24.3 Å². The predicted octanol–water partition coefficient (Wildman–Crippen LogP) is 0.983. The smallest absolute Gasteiger partial charge is 0.256 e. The largest absolute Gasteiger partial charge is 0.368 e. The van der Waals surface area contributed by atoms with Crippen LogP contribution in [0.3, 0.4) is 0 Å². The number of rotatable bonds is 3. The van der Waals surface area contributed by atoms with E-state index in [1.165, 1.54) is 12.8 Å². The summed E-state index contributed by atoms with van der Waals surface area (Å²) < 4.78 is 10.8. The zero-order valence-corrected chi connectivity index (χ0v) is 8.56. The van der Waals surface area contributed by atoms with Gasteiger partial charge in [0.25, 0.3) is 5.89 Å². The fourth-order valence-corrected chi connectivity index (χ4v) is 2.02. The topological polar surface area (TPSA) is 74.2 Å². The van der Waals surface area contributed by atoms with Crippen LogP contribution in [-0.2, 0) is 4.74 Å². The summed E-state index contributed by atoms with van der Waals surface area (Å²) in [7, 11) is 0. The molecule has 0 radical (unpaired) electrons. The van der Waals surface area contributed by atoms with Crippen molar-refractivity contribution >= 4 is 0 Å². The molecule has 1 aromatic rings. The van der Waals surface area contributed by atoms with E-state index < -0.39 is 0 Å². The van der Waals surface area contributed by atoms with Crippen molar-refractivity contribution in [1.82, 2.24) is 10.1 Å². The minimum absolute atomic E-state index is 0.0741. The maximum absolute atomic E-state index is 5.67. The first kappa shape index (κ1) is 9.30. The summed E-state index contributed by atoms with van der Waals surface area (Å²) in [6.07, 6.45) is 3.28. The van der Waals surface area contributed by atoms with E-state index in [0.717, 1.165) is 18.9 Å². The highest BCUT2D eigenvalue weighted by molar-refractivity contribution is 5.05. The third-order valence-corrected chi connectivity index (χ3v) is 3.16. The van der Waals surface area contributed by atoms with Gasteiger partial charge in [0.1, 0.15) is 6.10 Å². The number of hydrogen-bond acceptors (Lipinski definition) is 5. The molecule has 3 rings (SSSR count). The monoisotopic (exact) mass is 209 g/mol. The average molecular weight is 209 g/mol. The quantitative estimate of drug-likeness (QED) is 0.803. The highest BCUT2D eigenvalue weighted by Gasteiger charge is 2.35. The normalized spacial score (nSPS) is 31.0. The molecular formula is C10H15N3O2. The van der Waals surface area contributed by atoms with Crippen LogP contribution < -0.4 is 5.73 Å². The molecule has 2 N–H and O–H groups in total. The number of ether oxygens (including phenoxy) is 1. The highest BCUT2D eigenvalue weighted by atomic mass is 16.5. The SMILES string of the molecule is NC[C@@H]1CCO[C@@H]1c1nc(C2CC2)no1. The minimum atomic E-state index is -0.0741. The Morgan fingerprint density at radius 1 is 1.33 bits per heavy atom. The van der Waals surface area contributed by atoms with E-state index in [-0.39, 0.29) is 6.10 Å². The number of nitrogens with two attached hydrogens (primary N) is 1. The number of aromatic nitrogens is 2. The second-order valence-electron chi connectivity index (χ2n) is 4.34. The van der Waals surface area contributed by atoms with E-state index in [1.54, 1.807) is 0 Å². The van der Waals surface area contributed by atoms with E-state index in [1.807, 2.05) is 0 Å². The molecule has 2 fully saturated rings. The predicted molar refractivity (Wildman–Crippen MR) is 52.1 cm³/mol. The molecule has 1 saturated heterocycles. The molecule has 5 nitrogen and oxygen atoms in total. The summed E-state index contributed by atoms with van der Waals surface area (Å²) in [5, 5.41) is 3.98. The molecular weight excluding hydrogens is 194 g/mol. The summed E-state index contributed by atoms with van der Waals surface area (Å²) in [6, 6.07) is 0. The van der Waals surface area contributed by atoms with Crippen molar-refractivity contribution < 1.29 is 9.26 Å². The van der Waals surface area contributed by atoms with Crippen LogP contribution in [0.1, 0.15) is 43.0 Å². The lowest BCUT2D eigenvalue weighted by atomic mass is 10.0. The van der Waals surface area contributed by atoms with Crippen molar-refractivity contribution in [3.05, 3.63) is 11.7 Å². The van der Waals surface area contributed by atoms with Gasteiger partial charge in [0.15, 0.2) is 5.82 Å². The molecule has 1 aliphatic heterocycles. The molecule has 2 atom stereocenters. The lowest BCUT2D eigenvalue weighted by Crippen LogP contribution is -2.18. The Morgan fingerprint density at radius 3 is 2.93 bits per heavy atom. The van der Waals surface area contributed by atoms with Crippen LogP contribution in [0.15, 0.2) is 4.52 Å². The first-order chi connectivity index (χ1) is 7.38. The van der Waals surface area contributed by atoms with E-state index in [4.69, 9.17) is 15.0 Å². The van der Waals surface area contributed by atoms with Crippen LogP contribution in [0, 0.1) is 5.92 Å². The van der Waals surface area contributed by atoms with Gasteiger partial charge in [-0.3, -0.25) is 0 Å². The van der Waals surface area contributed by atoms with Crippen molar-refractivity contribution in [1.29, 1.82) is 0 Å². The van der Waals surface area contributed by atoms with Crippen LogP contribution in [0.2, 0.25) is 0 Å². The van der Waals surface area contributed by atoms with Gasteiger partial charge in [-0.05, 0) is 25.8 Å². The highest BCUT2D eigenvalue weighted by Crippen LogP contribution is 2.40. The van der Waals surface area contributed by atoms with Crippen LogP contribution in [0.25, 0.3) is 0 Å². The fraction of sp³-hybridized carbons (Fsp3) is 0.800.